The summed E-state index contributed by atoms with van der Waals surface area (Å²) < 4.78 is 2.45. The topological polar surface area (TPSA) is 23.5 Å². The number of fused-ring (bicyclic) bond motifs is 1. The summed E-state index contributed by atoms with van der Waals surface area (Å²) in [6.45, 7) is 5.11. The van der Waals surface area contributed by atoms with E-state index in [1.54, 1.807) is 11.3 Å². The number of rotatable bonds is 6. The quantitative estimate of drug-likeness (QED) is 0.826. The molecule has 1 N–H and O–H groups in total. The van der Waals surface area contributed by atoms with Gasteiger partial charge in [0.2, 0.25) is 0 Å². The fraction of sp³-hybridized carbons (Fsp3) is 0.429. The van der Waals surface area contributed by atoms with Gasteiger partial charge in [0.25, 0.3) is 0 Å². The second-order valence-electron chi connectivity index (χ2n) is 4.40. The lowest BCUT2D eigenvalue weighted by Gasteiger charge is -2.20. The number of hydrogen-bond donors (Lipinski definition) is 1. The first-order valence-corrected chi connectivity index (χ1v) is 7.90. The van der Waals surface area contributed by atoms with E-state index in [-0.39, 0.29) is 19.0 Å². The lowest BCUT2D eigenvalue weighted by Crippen LogP contribution is -2.27. The minimum atomic E-state index is 0. The lowest BCUT2D eigenvalue weighted by atomic mass is 10.1. The summed E-state index contributed by atoms with van der Waals surface area (Å²) in [5.74, 6) is 0. The van der Waals surface area contributed by atoms with Crippen LogP contribution in [0.2, 0.25) is 0 Å². The van der Waals surface area contributed by atoms with Crippen LogP contribution in [0.3, 0.4) is 0 Å². The van der Waals surface area contributed by atoms with E-state index in [1.165, 1.54) is 15.6 Å². The molecule has 106 valence electrons. The molecule has 0 bridgehead atoms. The molecule has 2 aromatic rings. The zero-order valence-corrected chi connectivity index (χ0v) is 14.2. The van der Waals surface area contributed by atoms with Crippen LogP contribution in [0.4, 0.5) is 0 Å². The maximum atomic E-state index is 9.10. The van der Waals surface area contributed by atoms with Crippen molar-refractivity contribution < 1.29 is 5.11 Å². The zero-order valence-electron chi connectivity index (χ0n) is 10.9. The van der Waals surface area contributed by atoms with Crippen LogP contribution in [0.5, 0.6) is 0 Å². The van der Waals surface area contributed by atoms with Gasteiger partial charge in [0, 0.05) is 22.3 Å². The van der Waals surface area contributed by atoms with Crippen molar-refractivity contribution in [3.63, 3.8) is 0 Å². The molecule has 0 amide bonds. The standard InChI is InChI=1S/C14H18BrNOS.ClH/c1-2-5-16(6-7-17)9-11-10-18-14-4-3-12(15)8-13(11)14;/h3-4,8,10,17H,2,5-7,9H2,1H3;1H. The Labute approximate surface area is 133 Å². The van der Waals surface area contributed by atoms with E-state index in [4.69, 9.17) is 5.11 Å². The summed E-state index contributed by atoms with van der Waals surface area (Å²) in [4.78, 5) is 2.31. The van der Waals surface area contributed by atoms with Gasteiger partial charge in [-0.3, -0.25) is 4.90 Å². The highest BCUT2D eigenvalue weighted by Crippen LogP contribution is 2.29. The van der Waals surface area contributed by atoms with Gasteiger partial charge < -0.3 is 5.11 Å². The van der Waals surface area contributed by atoms with Gasteiger partial charge in [-0.05, 0) is 47.5 Å². The fourth-order valence-electron chi connectivity index (χ4n) is 2.14. The molecule has 2 nitrogen and oxygen atoms in total. The summed E-state index contributed by atoms with van der Waals surface area (Å²) in [5, 5.41) is 12.7. The maximum absolute atomic E-state index is 9.10. The van der Waals surface area contributed by atoms with Gasteiger partial charge in [-0.15, -0.1) is 23.7 Å². The number of thiophene rings is 1. The van der Waals surface area contributed by atoms with Crippen LogP contribution in [0.25, 0.3) is 10.1 Å². The second-order valence-corrected chi connectivity index (χ2v) is 6.23. The molecule has 1 aromatic carbocycles. The van der Waals surface area contributed by atoms with Crippen LogP contribution in [0.15, 0.2) is 28.1 Å². The molecule has 2 rings (SSSR count). The van der Waals surface area contributed by atoms with Gasteiger partial charge in [-0.1, -0.05) is 22.9 Å². The van der Waals surface area contributed by atoms with E-state index in [0.29, 0.717) is 0 Å². The SMILES string of the molecule is CCCN(CCO)Cc1csc2ccc(Br)cc12.Cl. The van der Waals surface area contributed by atoms with E-state index >= 15 is 0 Å². The first-order chi connectivity index (χ1) is 8.74. The van der Waals surface area contributed by atoms with E-state index in [0.717, 1.165) is 30.5 Å². The largest absolute Gasteiger partial charge is 0.395 e. The molecule has 0 saturated heterocycles. The Morgan fingerprint density at radius 2 is 2.11 bits per heavy atom. The molecule has 0 atom stereocenters. The normalized spacial score (nSPS) is 10.9. The van der Waals surface area contributed by atoms with Crippen molar-refractivity contribution in [2.24, 2.45) is 0 Å². The van der Waals surface area contributed by atoms with Crippen LogP contribution in [-0.4, -0.2) is 29.7 Å². The van der Waals surface area contributed by atoms with Gasteiger partial charge in [-0.2, -0.15) is 0 Å². The molecule has 19 heavy (non-hydrogen) atoms. The van der Waals surface area contributed by atoms with Crippen LogP contribution in [0, 0.1) is 0 Å². The summed E-state index contributed by atoms with van der Waals surface area (Å²) in [6, 6.07) is 6.42. The molecule has 5 heteroatoms. The Balaban J connectivity index is 0.00000180. The van der Waals surface area contributed by atoms with Crippen molar-refractivity contribution in [3.8, 4) is 0 Å². The first-order valence-electron chi connectivity index (χ1n) is 6.23. The number of aliphatic hydroxyl groups excluding tert-OH is 1. The van der Waals surface area contributed by atoms with Gasteiger partial charge in [0.1, 0.15) is 0 Å². The molecular formula is C14H19BrClNOS. The third-order valence-electron chi connectivity index (χ3n) is 2.97. The van der Waals surface area contributed by atoms with Gasteiger partial charge in [0.15, 0.2) is 0 Å². The summed E-state index contributed by atoms with van der Waals surface area (Å²) in [7, 11) is 0. The third-order valence-corrected chi connectivity index (χ3v) is 4.47. The van der Waals surface area contributed by atoms with Crippen LogP contribution in [0.1, 0.15) is 18.9 Å². The van der Waals surface area contributed by atoms with Crippen molar-refractivity contribution in [2.75, 3.05) is 19.7 Å². The van der Waals surface area contributed by atoms with Crippen LogP contribution >= 0.6 is 39.7 Å². The van der Waals surface area contributed by atoms with Crippen molar-refractivity contribution in [2.45, 2.75) is 19.9 Å². The Morgan fingerprint density at radius 3 is 2.79 bits per heavy atom. The van der Waals surface area contributed by atoms with Gasteiger partial charge in [0.05, 0.1) is 6.61 Å². The minimum Gasteiger partial charge on any atom is -0.395 e. The highest BCUT2D eigenvalue weighted by molar-refractivity contribution is 9.10. The summed E-state index contributed by atoms with van der Waals surface area (Å²) >= 11 is 5.32. The Kier molecular flexibility index (Phi) is 7.32. The fourth-order valence-corrected chi connectivity index (χ4v) is 3.44. The predicted molar refractivity (Wildman–Crippen MR) is 89.4 cm³/mol. The van der Waals surface area contributed by atoms with Crippen molar-refractivity contribution in [3.05, 3.63) is 33.6 Å². The van der Waals surface area contributed by atoms with E-state index < -0.39 is 0 Å². The molecular weight excluding hydrogens is 346 g/mol. The first kappa shape index (κ1) is 16.9. The molecule has 0 fully saturated rings. The Morgan fingerprint density at radius 1 is 1.32 bits per heavy atom. The van der Waals surface area contributed by atoms with E-state index in [1.807, 2.05) is 0 Å². The molecule has 0 aliphatic rings. The molecule has 0 aliphatic carbocycles. The second kappa shape index (κ2) is 8.22. The predicted octanol–water partition coefficient (Wildman–Crippen LogP) is 4.29. The average molecular weight is 365 g/mol. The molecule has 1 heterocycles. The van der Waals surface area contributed by atoms with Crippen molar-refractivity contribution >= 4 is 49.8 Å². The number of benzene rings is 1. The summed E-state index contributed by atoms with van der Waals surface area (Å²) in [6.07, 6.45) is 1.12. The molecule has 0 spiro atoms. The smallest absolute Gasteiger partial charge is 0.0558 e. The van der Waals surface area contributed by atoms with Gasteiger partial charge in [-0.25, -0.2) is 0 Å². The summed E-state index contributed by atoms with van der Waals surface area (Å²) in [5.41, 5.74) is 1.36. The van der Waals surface area contributed by atoms with Crippen molar-refractivity contribution in [1.82, 2.24) is 4.90 Å². The number of hydrogen-bond acceptors (Lipinski definition) is 3. The average Bonchev–Trinajstić information content (AvgIpc) is 2.73. The Bertz CT molecular complexity index is 511. The van der Waals surface area contributed by atoms with Crippen LogP contribution < -0.4 is 0 Å². The third kappa shape index (κ3) is 4.43. The molecule has 0 saturated carbocycles. The lowest BCUT2D eigenvalue weighted by molar-refractivity contribution is 0.191. The number of aliphatic hydroxyl groups is 1. The monoisotopic (exact) mass is 363 g/mol. The highest BCUT2D eigenvalue weighted by Gasteiger charge is 2.09. The number of halogens is 2. The van der Waals surface area contributed by atoms with E-state index in [9.17, 15) is 0 Å². The molecule has 1 aromatic heterocycles. The number of nitrogens with zero attached hydrogens (tertiary/aromatic N) is 1. The van der Waals surface area contributed by atoms with Crippen LogP contribution in [-0.2, 0) is 6.54 Å². The Hall–Kier alpha value is -0.130. The highest BCUT2D eigenvalue weighted by atomic mass is 79.9. The van der Waals surface area contributed by atoms with E-state index in [2.05, 4.69) is 51.3 Å². The molecule has 0 unspecified atom stereocenters. The molecule has 0 aliphatic heterocycles. The van der Waals surface area contributed by atoms with Gasteiger partial charge >= 0.3 is 0 Å². The zero-order chi connectivity index (χ0) is 13.0. The minimum absolute atomic E-state index is 0. The molecule has 0 radical (unpaired) electrons. The van der Waals surface area contributed by atoms with Crippen molar-refractivity contribution in [1.29, 1.82) is 0 Å². The maximum Gasteiger partial charge on any atom is 0.0558 e.